The number of rotatable bonds is 7. The zero-order valence-electron chi connectivity index (χ0n) is 12.3. The maximum absolute atomic E-state index is 13.1. The van der Waals surface area contributed by atoms with Gasteiger partial charge in [-0.1, -0.05) is 34.9 Å². The number of benzene rings is 1. The molecule has 2 rings (SSSR count). The molecule has 0 spiro atoms. The van der Waals surface area contributed by atoms with Gasteiger partial charge in [0, 0.05) is 11.8 Å². The van der Waals surface area contributed by atoms with Crippen LogP contribution in [0.3, 0.4) is 0 Å². The topological polar surface area (TPSA) is 98.0 Å². The van der Waals surface area contributed by atoms with Crippen molar-refractivity contribution in [1.29, 1.82) is 0 Å². The Bertz CT molecular complexity index is 757. The van der Waals surface area contributed by atoms with Gasteiger partial charge in [0.05, 0.1) is 11.0 Å². The lowest BCUT2D eigenvalue weighted by Gasteiger charge is -2.10. The van der Waals surface area contributed by atoms with Crippen LogP contribution in [0.5, 0.6) is 0 Å². The third-order valence-corrected chi connectivity index (χ3v) is 5.82. The summed E-state index contributed by atoms with van der Waals surface area (Å²) in [7, 11) is 0. The average molecular weight is 390 g/mol. The largest absolute Gasteiger partial charge is 0.369 e. The van der Waals surface area contributed by atoms with Crippen molar-refractivity contribution >= 4 is 52.4 Å². The molecule has 24 heavy (non-hydrogen) atoms. The van der Waals surface area contributed by atoms with Crippen molar-refractivity contribution in [1.82, 2.24) is 10.2 Å². The number of carbonyl (C=O) groups is 2. The van der Waals surface area contributed by atoms with E-state index in [1.54, 1.807) is 6.92 Å². The number of primary amides is 1. The van der Waals surface area contributed by atoms with Crippen LogP contribution in [0.25, 0.3) is 0 Å². The van der Waals surface area contributed by atoms with E-state index in [1.807, 2.05) is 0 Å². The van der Waals surface area contributed by atoms with Crippen molar-refractivity contribution in [3.05, 3.63) is 29.8 Å². The standard InChI is InChI=1S/C13H12F2N4O2S3/c1-6(11(21)17-7-2-3-8(14)9(15)4-7)23-13-19-18-12(24-13)22-5-10(16)20/h2-4,6H,5H2,1H3,(H2,16,20)(H,17,21)/t6-/m0/s1. The fourth-order valence-electron chi connectivity index (χ4n) is 1.46. The van der Waals surface area contributed by atoms with Crippen LogP contribution in [0.15, 0.2) is 26.9 Å². The molecule has 0 aliphatic heterocycles. The normalized spacial score (nSPS) is 12.0. The Balaban J connectivity index is 1.91. The second kappa shape index (κ2) is 8.40. The molecule has 0 aliphatic carbocycles. The lowest BCUT2D eigenvalue weighted by atomic mass is 10.3. The van der Waals surface area contributed by atoms with Crippen molar-refractivity contribution in [2.45, 2.75) is 20.9 Å². The second-order valence-electron chi connectivity index (χ2n) is 4.47. The van der Waals surface area contributed by atoms with E-state index in [2.05, 4.69) is 15.5 Å². The third kappa shape index (κ3) is 5.42. The van der Waals surface area contributed by atoms with Gasteiger partial charge in [0.15, 0.2) is 20.3 Å². The Labute approximate surface area is 148 Å². The van der Waals surface area contributed by atoms with Gasteiger partial charge in [0.2, 0.25) is 11.8 Å². The molecule has 1 aromatic heterocycles. The third-order valence-electron chi connectivity index (χ3n) is 2.56. The molecule has 0 fully saturated rings. The van der Waals surface area contributed by atoms with Crippen LogP contribution in [0.2, 0.25) is 0 Å². The quantitative estimate of drug-likeness (QED) is 0.705. The maximum atomic E-state index is 13.1. The molecular weight excluding hydrogens is 378 g/mol. The van der Waals surface area contributed by atoms with Gasteiger partial charge >= 0.3 is 0 Å². The van der Waals surface area contributed by atoms with Crippen molar-refractivity contribution in [3.8, 4) is 0 Å². The fourth-order valence-corrected chi connectivity index (χ4v) is 4.36. The molecule has 1 atom stereocenters. The Morgan fingerprint density at radius 1 is 1.29 bits per heavy atom. The molecule has 0 saturated heterocycles. The number of hydrogen-bond acceptors (Lipinski definition) is 7. The number of hydrogen-bond donors (Lipinski definition) is 2. The van der Waals surface area contributed by atoms with E-state index in [9.17, 15) is 18.4 Å². The maximum Gasteiger partial charge on any atom is 0.237 e. The zero-order chi connectivity index (χ0) is 17.7. The molecule has 1 aromatic carbocycles. The van der Waals surface area contributed by atoms with Crippen molar-refractivity contribution < 1.29 is 18.4 Å². The average Bonchev–Trinajstić information content (AvgIpc) is 2.96. The van der Waals surface area contributed by atoms with Gasteiger partial charge in [0.1, 0.15) is 0 Å². The summed E-state index contributed by atoms with van der Waals surface area (Å²) in [6.45, 7) is 1.65. The summed E-state index contributed by atoms with van der Waals surface area (Å²) in [6.07, 6.45) is 0. The Morgan fingerprint density at radius 2 is 2.00 bits per heavy atom. The molecular formula is C13H12F2N4O2S3. The van der Waals surface area contributed by atoms with E-state index in [1.165, 1.54) is 40.9 Å². The number of thioether (sulfide) groups is 2. The summed E-state index contributed by atoms with van der Waals surface area (Å²) >= 11 is 3.58. The summed E-state index contributed by atoms with van der Waals surface area (Å²) < 4.78 is 27.1. The molecule has 0 unspecified atom stereocenters. The number of nitrogens with two attached hydrogens (primary N) is 1. The van der Waals surface area contributed by atoms with E-state index < -0.39 is 22.8 Å². The minimum atomic E-state index is -1.03. The molecule has 1 heterocycles. The van der Waals surface area contributed by atoms with Crippen LogP contribution in [-0.2, 0) is 9.59 Å². The van der Waals surface area contributed by atoms with Crippen LogP contribution in [-0.4, -0.2) is 33.0 Å². The Morgan fingerprint density at radius 3 is 2.67 bits per heavy atom. The van der Waals surface area contributed by atoms with E-state index in [-0.39, 0.29) is 17.3 Å². The van der Waals surface area contributed by atoms with Gasteiger partial charge in [-0.25, -0.2) is 8.78 Å². The zero-order valence-corrected chi connectivity index (χ0v) is 14.7. The molecule has 0 bridgehead atoms. The van der Waals surface area contributed by atoms with Crippen molar-refractivity contribution in [2.75, 3.05) is 11.1 Å². The van der Waals surface area contributed by atoms with Gasteiger partial charge < -0.3 is 11.1 Å². The smallest absolute Gasteiger partial charge is 0.237 e. The predicted octanol–water partition coefficient (Wildman–Crippen LogP) is 2.51. The number of halogens is 2. The molecule has 2 aromatic rings. The lowest BCUT2D eigenvalue weighted by molar-refractivity contribution is -0.116. The molecule has 11 heteroatoms. The number of aromatic nitrogens is 2. The van der Waals surface area contributed by atoms with Crippen LogP contribution in [0, 0.1) is 11.6 Å². The summed E-state index contributed by atoms with van der Waals surface area (Å²) in [5.41, 5.74) is 5.22. The molecule has 128 valence electrons. The van der Waals surface area contributed by atoms with Crippen LogP contribution in [0.1, 0.15) is 6.92 Å². The van der Waals surface area contributed by atoms with E-state index in [0.29, 0.717) is 8.68 Å². The van der Waals surface area contributed by atoms with E-state index in [4.69, 9.17) is 5.73 Å². The van der Waals surface area contributed by atoms with Crippen molar-refractivity contribution in [2.24, 2.45) is 5.73 Å². The van der Waals surface area contributed by atoms with Crippen molar-refractivity contribution in [3.63, 3.8) is 0 Å². The molecule has 6 nitrogen and oxygen atoms in total. The Hall–Kier alpha value is -1.72. The minimum absolute atomic E-state index is 0.103. The molecule has 2 amide bonds. The number of nitrogens with zero attached hydrogens (tertiary/aromatic N) is 2. The summed E-state index contributed by atoms with van der Waals surface area (Å²) in [6, 6.07) is 3.13. The molecule has 0 aliphatic rings. The number of nitrogens with one attached hydrogen (secondary N) is 1. The highest BCUT2D eigenvalue weighted by molar-refractivity contribution is 8.04. The van der Waals surface area contributed by atoms with E-state index >= 15 is 0 Å². The minimum Gasteiger partial charge on any atom is -0.369 e. The first kappa shape index (κ1) is 18.6. The van der Waals surface area contributed by atoms with Crippen LogP contribution < -0.4 is 11.1 Å². The SMILES string of the molecule is C[C@H](Sc1nnc(SCC(N)=O)s1)C(=O)Nc1ccc(F)c(F)c1. The second-order valence-corrected chi connectivity index (χ2v) is 8.25. The van der Waals surface area contributed by atoms with Gasteiger partial charge in [-0.15, -0.1) is 10.2 Å². The van der Waals surface area contributed by atoms with Gasteiger partial charge in [-0.05, 0) is 19.1 Å². The summed E-state index contributed by atoms with van der Waals surface area (Å²) in [5.74, 6) is -2.75. The highest BCUT2D eigenvalue weighted by Gasteiger charge is 2.18. The van der Waals surface area contributed by atoms with Gasteiger partial charge in [-0.2, -0.15) is 0 Å². The molecule has 0 radical (unpaired) electrons. The molecule has 0 saturated carbocycles. The monoisotopic (exact) mass is 390 g/mol. The fraction of sp³-hybridized carbons (Fsp3) is 0.231. The van der Waals surface area contributed by atoms with Crippen LogP contribution >= 0.6 is 34.9 Å². The highest BCUT2D eigenvalue weighted by Crippen LogP contribution is 2.31. The predicted molar refractivity (Wildman–Crippen MR) is 90.1 cm³/mol. The lowest BCUT2D eigenvalue weighted by Crippen LogP contribution is -2.22. The van der Waals surface area contributed by atoms with Crippen LogP contribution in [0.4, 0.5) is 14.5 Å². The van der Waals surface area contributed by atoms with Gasteiger partial charge in [-0.3, -0.25) is 9.59 Å². The number of carbonyl (C=O) groups excluding carboxylic acids is 2. The molecule has 3 N–H and O–H groups in total. The summed E-state index contributed by atoms with van der Waals surface area (Å²) in [4.78, 5) is 22.8. The van der Waals surface area contributed by atoms with Gasteiger partial charge in [0.25, 0.3) is 0 Å². The first-order valence-corrected chi connectivity index (χ1v) is 9.20. The summed E-state index contributed by atoms with van der Waals surface area (Å²) in [5, 5.41) is 9.78. The number of amides is 2. The highest BCUT2D eigenvalue weighted by atomic mass is 32.2. The van der Waals surface area contributed by atoms with E-state index in [0.717, 1.165) is 12.1 Å². The first-order chi connectivity index (χ1) is 11.3. The number of anilines is 1. The first-order valence-electron chi connectivity index (χ1n) is 6.52. The Kier molecular flexibility index (Phi) is 6.52.